The number of aromatic nitrogens is 2. The van der Waals surface area contributed by atoms with E-state index in [9.17, 15) is 9.59 Å². The maximum absolute atomic E-state index is 11.6. The molecule has 1 unspecified atom stereocenters. The molecule has 0 bridgehead atoms. The van der Waals surface area contributed by atoms with Gasteiger partial charge in [0.05, 0.1) is 12.3 Å². The van der Waals surface area contributed by atoms with Gasteiger partial charge >= 0.3 is 5.69 Å². The largest absolute Gasteiger partial charge is 0.467 e. The van der Waals surface area contributed by atoms with Gasteiger partial charge in [-0.1, -0.05) is 0 Å². The highest BCUT2D eigenvalue weighted by Gasteiger charge is 2.14. The van der Waals surface area contributed by atoms with Crippen LogP contribution in [-0.2, 0) is 0 Å². The lowest BCUT2D eigenvalue weighted by Gasteiger charge is -2.11. The molecule has 0 saturated carbocycles. The van der Waals surface area contributed by atoms with Crippen LogP contribution in [-0.4, -0.2) is 9.55 Å². The van der Waals surface area contributed by atoms with Gasteiger partial charge in [0.1, 0.15) is 17.4 Å². The lowest BCUT2D eigenvalue weighted by Crippen LogP contribution is -2.32. The molecule has 0 aliphatic rings. The molecule has 1 N–H and O–H groups in total. The summed E-state index contributed by atoms with van der Waals surface area (Å²) in [5.41, 5.74) is -1.36. The van der Waals surface area contributed by atoms with Crippen LogP contribution in [0.1, 0.15) is 24.3 Å². The second kappa shape index (κ2) is 4.14. The van der Waals surface area contributed by atoms with E-state index < -0.39 is 11.2 Å². The molecule has 1 atom stereocenters. The molecular weight excluding hydrogens is 222 g/mol. The van der Waals surface area contributed by atoms with Crippen LogP contribution < -0.4 is 11.2 Å². The Hall–Kier alpha value is -2.55. The highest BCUT2D eigenvalue weighted by molar-refractivity contribution is 5.22. The van der Waals surface area contributed by atoms with Crippen molar-refractivity contribution in [1.82, 2.24) is 9.55 Å². The summed E-state index contributed by atoms with van der Waals surface area (Å²) in [6.07, 6.45) is 2.72. The minimum absolute atomic E-state index is 0.108. The van der Waals surface area contributed by atoms with Crippen LogP contribution in [0.25, 0.3) is 0 Å². The molecule has 2 rings (SSSR count). The van der Waals surface area contributed by atoms with Gasteiger partial charge in [0.15, 0.2) is 0 Å². The van der Waals surface area contributed by atoms with Crippen LogP contribution >= 0.6 is 0 Å². The second-order valence-electron chi connectivity index (χ2n) is 3.51. The number of rotatable bonds is 2. The normalized spacial score (nSPS) is 12.0. The molecule has 6 heteroatoms. The molecule has 0 fully saturated rings. The van der Waals surface area contributed by atoms with Crippen molar-refractivity contribution in [2.24, 2.45) is 0 Å². The van der Waals surface area contributed by atoms with E-state index in [1.165, 1.54) is 17.0 Å². The quantitative estimate of drug-likeness (QED) is 0.819. The molecule has 17 heavy (non-hydrogen) atoms. The summed E-state index contributed by atoms with van der Waals surface area (Å²) < 4.78 is 6.42. The Kier molecular flexibility index (Phi) is 2.66. The van der Waals surface area contributed by atoms with Gasteiger partial charge in [0, 0.05) is 6.20 Å². The van der Waals surface area contributed by atoms with Gasteiger partial charge in [0.25, 0.3) is 5.56 Å². The number of nitrogens with zero attached hydrogens (tertiary/aromatic N) is 2. The van der Waals surface area contributed by atoms with Gasteiger partial charge in [-0.05, 0) is 19.1 Å². The van der Waals surface area contributed by atoms with Crippen molar-refractivity contribution in [2.45, 2.75) is 13.0 Å². The monoisotopic (exact) mass is 231 g/mol. The Labute approximate surface area is 95.7 Å². The van der Waals surface area contributed by atoms with E-state index in [0.717, 1.165) is 0 Å². The lowest BCUT2D eigenvalue weighted by atomic mass is 10.2. The van der Waals surface area contributed by atoms with E-state index in [1.807, 2.05) is 0 Å². The van der Waals surface area contributed by atoms with E-state index in [0.29, 0.717) is 5.76 Å². The van der Waals surface area contributed by atoms with Gasteiger partial charge in [-0.2, -0.15) is 5.26 Å². The van der Waals surface area contributed by atoms with Gasteiger partial charge < -0.3 is 4.42 Å². The third-order valence-corrected chi connectivity index (χ3v) is 2.46. The van der Waals surface area contributed by atoms with Crippen LogP contribution in [0.4, 0.5) is 0 Å². The minimum atomic E-state index is -0.680. The van der Waals surface area contributed by atoms with Crippen molar-refractivity contribution >= 4 is 0 Å². The Morgan fingerprint density at radius 1 is 1.53 bits per heavy atom. The van der Waals surface area contributed by atoms with Gasteiger partial charge in [0.2, 0.25) is 0 Å². The Morgan fingerprint density at radius 2 is 2.29 bits per heavy atom. The number of H-pyrrole nitrogens is 1. The zero-order chi connectivity index (χ0) is 12.4. The topological polar surface area (TPSA) is 91.8 Å². The third-order valence-electron chi connectivity index (χ3n) is 2.46. The molecule has 0 spiro atoms. The summed E-state index contributed by atoms with van der Waals surface area (Å²) in [4.78, 5) is 24.9. The summed E-state index contributed by atoms with van der Waals surface area (Å²) in [6, 6.07) is 4.76. The third kappa shape index (κ3) is 1.90. The highest BCUT2D eigenvalue weighted by Crippen LogP contribution is 2.15. The Morgan fingerprint density at radius 3 is 2.88 bits per heavy atom. The number of hydrogen-bond acceptors (Lipinski definition) is 4. The summed E-state index contributed by atoms with van der Waals surface area (Å²) in [5, 5.41) is 8.74. The molecule has 2 aromatic heterocycles. The average Bonchev–Trinajstić information content (AvgIpc) is 2.82. The number of furan rings is 1. The van der Waals surface area contributed by atoms with Gasteiger partial charge in [-0.25, -0.2) is 4.79 Å². The van der Waals surface area contributed by atoms with Gasteiger partial charge in [-0.3, -0.25) is 14.3 Å². The van der Waals surface area contributed by atoms with E-state index in [-0.39, 0.29) is 11.6 Å². The Bertz CT molecular complexity index is 673. The first-order chi connectivity index (χ1) is 8.13. The van der Waals surface area contributed by atoms with Crippen molar-refractivity contribution in [3.8, 4) is 6.07 Å². The zero-order valence-corrected chi connectivity index (χ0v) is 9.01. The molecule has 0 amide bonds. The van der Waals surface area contributed by atoms with Crippen molar-refractivity contribution < 1.29 is 4.42 Å². The van der Waals surface area contributed by atoms with Crippen LogP contribution in [0.15, 0.2) is 38.6 Å². The summed E-state index contributed by atoms with van der Waals surface area (Å²) in [6.45, 7) is 1.74. The highest BCUT2D eigenvalue weighted by atomic mass is 16.3. The van der Waals surface area contributed by atoms with Crippen molar-refractivity contribution in [1.29, 1.82) is 5.26 Å². The second-order valence-corrected chi connectivity index (χ2v) is 3.51. The molecule has 0 aliphatic carbocycles. The van der Waals surface area contributed by atoms with Crippen molar-refractivity contribution in [3.63, 3.8) is 0 Å². The smallest absolute Gasteiger partial charge is 0.329 e. The average molecular weight is 231 g/mol. The first kappa shape index (κ1) is 11.0. The number of aromatic amines is 1. The number of nitriles is 1. The van der Waals surface area contributed by atoms with E-state index >= 15 is 0 Å². The molecule has 0 aromatic carbocycles. The Balaban J connectivity index is 2.57. The first-order valence-corrected chi connectivity index (χ1v) is 4.92. The summed E-state index contributed by atoms with van der Waals surface area (Å²) >= 11 is 0. The van der Waals surface area contributed by atoms with Crippen LogP contribution in [0, 0.1) is 11.3 Å². The van der Waals surface area contributed by atoms with E-state index in [4.69, 9.17) is 9.68 Å². The van der Waals surface area contributed by atoms with E-state index in [2.05, 4.69) is 4.98 Å². The summed E-state index contributed by atoms with van der Waals surface area (Å²) in [7, 11) is 0. The standard InChI is InChI=1S/C11H9N3O3/c1-7(9-3-2-4-17-9)14-6-8(5-12)10(15)13-11(14)16/h2-4,6-7H,1H3,(H,13,15,16). The first-order valence-electron chi connectivity index (χ1n) is 4.92. The van der Waals surface area contributed by atoms with Crippen LogP contribution in [0.2, 0.25) is 0 Å². The van der Waals surface area contributed by atoms with E-state index in [1.54, 1.807) is 25.1 Å². The maximum atomic E-state index is 11.6. The molecule has 0 aliphatic heterocycles. The molecule has 0 saturated heterocycles. The molecule has 0 radical (unpaired) electrons. The fourth-order valence-corrected chi connectivity index (χ4v) is 1.52. The van der Waals surface area contributed by atoms with Crippen molar-refractivity contribution in [3.05, 3.63) is 56.8 Å². The molecule has 6 nitrogen and oxygen atoms in total. The zero-order valence-electron chi connectivity index (χ0n) is 9.01. The number of hydrogen-bond donors (Lipinski definition) is 1. The predicted octanol–water partition coefficient (Wildman–Crippen LogP) is 0.611. The summed E-state index contributed by atoms with van der Waals surface area (Å²) in [5.74, 6) is 0.572. The van der Waals surface area contributed by atoms with Gasteiger partial charge in [-0.15, -0.1) is 0 Å². The SMILES string of the molecule is CC(c1ccco1)n1cc(C#N)c(=O)[nH]c1=O. The number of nitrogens with one attached hydrogen (secondary N) is 1. The fraction of sp³-hybridized carbons (Fsp3) is 0.182. The molecule has 86 valence electrons. The minimum Gasteiger partial charge on any atom is -0.467 e. The molecule has 2 aromatic rings. The predicted molar refractivity (Wildman–Crippen MR) is 58.6 cm³/mol. The molecule has 2 heterocycles. The molecular formula is C11H9N3O3. The van der Waals surface area contributed by atoms with Crippen molar-refractivity contribution in [2.75, 3.05) is 0 Å². The fourth-order valence-electron chi connectivity index (χ4n) is 1.52. The van der Waals surface area contributed by atoms with Crippen LogP contribution in [0.3, 0.4) is 0 Å². The lowest BCUT2D eigenvalue weighted by molar-refractivity contribution is 0.435. The maximum Gasteiger partial charge on any atom is 0.329 e. The van der Waals surface area contributed by atoms with Crippen LogP contribution in [0.5, 0.6) is 0 Å².